The molecule has 0 aliphatic carbocycles. The zero-order valence-corrected chi connectivity index (χ0v) is 12.1. The van der Waals surface area contributed by atoms with E-state index in [2.05, 4.69) is 4.90 Å². The van der Waals surface area contributed by atoms with Crippen molar-refractivity contribution in [1.29, 1.82) is 0 Å². The van der Waals surface area contributed by atoms with Gasteiger partial charge in [-0.15, -0.1) is 0 Å². The van der Waals surface area contributed by atoms with E-state index in [1.807, 2.05) is 13.8 Å². The Morgan fingerprint density at radius 2 is 1.95 bits per heavy atom. The van der Waals surface area contributed by atoms with E-state index in [0.717, 1.165) is 44.1 Å². The number of halogens is 2. The second kappa shape index (κ2) is 6.00. The number of carbonyl (C=O) groups is 1. The minimum atomic E-state index is -0.574. The quantitative estimate of drug-likeness (QED) is 0.825. The first-order valence-electron chi connectivity index (χ1n) is 7.19. The molecule has 110 valence electrons. The molecule has 1 fully saturated rings. The summed E-state index contributed by atoms with van der Waals surface area (Å²) in [6.07, 6.45) is 2.82. The fraction of sp³-hybridized carbons (Fsp3) is 0.562. The van der Waals surface area contributed by atoms with Crippen molar-refractivity contribution < 1.29 is 13.6 Å². The summed E-state index contributed by atoms with van der Waals surface area (Å²) in [7, 11) is 0. The molecule has 2 rings (SSSR count). The summed E-state index contributed by atoms with van der Waals surface area (Å²) in [5.74, 6) is -1.06. The average molecular weight is 281 g/mol. The summed E-state index contributed by atoms with van der Waals surface area (Å²) in [4.78, 5) is 14.8. The number of carbonyl (C=O) groups excluding carboxylic acids is 1. The van der Waals surface area contributed by atoms with Crippen LogP contribution in [0.5, 0.6) is 0 Å². The Bertz CT molecular complexity index is 497. The maximum atomic E-state index is 13.7. The van der Waals surface area contributed by atoms with Crippen molar-refractivity contribution in [1.82, 2.24) is 4.90 Å². The van der Waals surface area contributed by atoms with Crippen LogP contribution in [-0.4, -0.2) is 29.3 Å². The van der Waals surface area contributed by atoms with Gasteiger partial charge in [0.05, 0.1) is 5.54 Å². The first kappa shape index (κ1) is 15.1. The largest absolute Gasteiger partial charge is 0.297 e. The average Bonchev–Trinajstić information content (AvgIpc) is 2.96. The molecule has 0 N–H and O–H groups in total. The predicted octanol–water partition coefficient (Wildman–Crippen LogP) is 3.34. The zero-order valence-electron chi connectivity index (χ0n) is 12.1. The van der Waals surface area contributed by atoms with E-state index in [-0.39, 0.29) is 17.8 Å². The Kier molecular flexibility index (Phi) is 4.53. The third-order valence-corrected chi connectivity index (χ3v) is 4.45. The van der Waals surface area contributed by atoms with Gasteiger partial charge in [-0.25, -0.2) is 8.78 Å². The molecule has 0 amide bonds. The highest BCUT2D eigenvalue weighted by Gasteiger charge is 2.38. The normalized spacial score (nSPS) is 19.0. The molecule has 0 radical (unpaired) electrons. The molecule has 1 unspecified atom stereocenters. The van der Waals surface area contributed by atoms with E-state index in [1.54, 1.807) is 0 Å². The van der Waals surface area contributed by atoms with Crippen molar-refractivity contribution in [3.8, 4) is 0 Å². The van der Waals surface area contributed by atoms with Crippen molar-refractivity contribution in [2.45, 2.75) is 45.1 Å². The summed E-state index contributed by atoms with van der Waals surface area (Å²) in [5.41, 5.74) is -0.427. The van der Waals surface area contributed by atoms with Crippen LogP contribution in [0, 0.1) is 11.6 Å². The van der Waals surface area contributed by atoms with Gasteiger partial charge < -0.3 is 0 Å². The fourth-order valence-electron chi connectivity index (χ4n) is 2.85. The Hall–Kier alpha value is -1.29. The van der Waals surface area contributed by atoms with Crippen molar-refractivity contribution >= 4 is 5.78 Å². The lowest BCUT2D eigenvalue weighted by molar-refractivity contribution is -0.129. The maximum absolute atomic E-state index is 13.7. The molecule has 2 nitrogen and oxygen atoms in total. The van der Waals surface area contributed by atoms with Crippen molar-refractivity contribution in [2.75, 3.05) is 13.1 Å². The minimum Gasteiger partial charge on any atom is -0.297 e. The molecule has 0 aromatic heterocycles. The fourth-order valence-corrected chi connectivity index (χ4v) is 2.85. The van der Waals surface area contributed by atoms with Crippen LogP contribution in [0.2, 0.25) is 0 Å². The second-order valence-electron chi connectivity index (χ2n) is 5.66. The number of hydrogen-bond donors (Lipinski definition) is 0. The Morgan fingerprint density at radius 1 is 1.30 bits per heavy atom. The van der Waals surface area contributed by atoms with Gasteiger partial charge in [-0.1, -0.05) is 6.92 Å². The standard InChI is InChI=1S/C16H21F2NO/c1-3-16(2,19-8-4-5-9-19)15(20)11-12-10-13(17)6-7-14(12)18/h6-7,10H,3-5,8-9,11H2,1-2H3. The summed E-state index contributed by atoms with van der Waals surface area (Å²) in [6, 6.07) is 3.27. The molecule has 0 spiro atoms. The molecular weight excluding hydrogens is 260 g/mol. The lowest BCUT2D eigenvalue weighted by Crippen LogP contribution is -2.51. The molecule has 0 saturated carbocycles. The van der Waals surface area contributed by atoms with Gasteiger partial charge in [0.25, 0.3) is 0 Å². The number of ketones is 1. The van der Waals surface area contributed by atoms with Gasteiger partial charge in [-0.2, -0.15) is 0 Å². The van der Waals surface area contributed by atoms with Crippen LogP contribution < -0.4 is 0 Å². The molecular formula is C16H21F2NO. The van der Waals surface area contributed by atoms with Gasteiger partial charge in [0.2, 0.25) is 0 Å². The highest BCUT2D eigenvalue weighted by atomic mass is 19.1. The SMILES string of the molecule is CCC(C)(C(=O)Cc1cc(F)ccc1F)N1CCCC1. The Morgan fingerprint density at radius 3 is 2.55 bits per heavy atom. The van der Waals surface area contributed by atoms with Gasteiger partial charge in [-0.05, 0) is 63.0 Å². The van der Waals surface area contributed by atoms with Crippen molar-refractivity contribution in [2.24, 2.45) is 0 Å². The van der Waals surface area contributed by atoms with Crippen LogP contribution in [0.15, 0.2) is 18.2 Å². The Balaban J connectivity index is 2.18. The summed E-state index contributed by atoms with van der Waals surface area (Å²) in [5, 5.41) is 0. The highest BCUT2D eigenvalue weighted by molar-refractivity contribution is 5.89. The molecule has 4 heteroatoms. The molecule has 20 heavy (non-hydrogen) atoms. The van der Waals surface area contributed by atoms with Gasteiger partial charge in [-0.3, -0.25) is 9.69 Å². The number of hydrogen-bond acceptors (Lipinski definition) is 2. The predicted molar refractivity (Wildman–Crippen MR) is 74.6 cm³/mol. The van der Waals surface area contributed by atoms with Crippen LogP contribution in [0.1, 0.15) is 38.7 Å². The van der Waals surface area contributed by atoms with E-state index >= 15 is 0 Å². The maximum Gasteiger partial charge on any atom is 0.157 e. The van der Waals surface area contributed by atoms with E-state index < -0.39 is 17.2 Å². The molecule has 1 heterocycles. The minimum absolute atomic E-state index is 0.0357. The number of nitrogens with zero attached hydrogens (tertiary/aromatic N) is 1. The first-order chi connectivity index (χ1) is 9.47. The van der Waals surface area contributed by atoms with E-state index in [9.17, 15) is 13.6 Å². The first-order valence-corrected chi connectivity index (χ1v) is 7.19. The monoisotopic (exact) mass is 281 g/mol. The van der Waals surface area contributed by atoms with Gasteiger partial charge in [0.15, 0.2) is 5.78 Å². The molecule has 1 atom stereocenters. The van der Waals surface area contributed by atoms with Crippen molar-refractivity contribution in [3.63, 3.8) is 0 Å². The van der Waals surface area contributed by atoms with Crippen LogP contribution in [0.25, 0.3) is 0 Å². The second-order valence-corrected chi connectivity index (χ2v) is 5.66. The smallest absolute Gasteiger partial charge is 0.157 e. The summed E-state index contributed by atoms with van der Waals surface area (Å²) < 4.78 is 26.9. The third kappa shape index (κ3) is 2.90. The van der Waals surface area contributed by atoms with E-state index in [1.165, 1.54) is 0 Å². The lowest BCUT2D eigenvalue weighted by atomic mass is 9.87. The number of Topliss-reactive ketones (excluding diaryl/α,β-unsaturated/α-hetero) is 1. The molecule has 1 aromatic carbocycles. The van der Waals surface area contributed by atoms with Crippen LogP contribution in [0.3, 0.4) is 0 Å². The lowest BCUT2D eigenvalue weighted by Gasteiger charge is -2.36. The molecule has 0 bridgehead atoms. The third-order valence-electron chi connectivity index (χ3n) is 4.45. The number of benzene rings is 1. The number of rotatable bonds is 5. The van der Waals surface area contributed by atoms with Gasteiger partial charge >= 0.3 is 0 Å². The van der Waals surface area contributed by atoms with E-state index in [0.29, 0.717) is 6.42 Å². The molecule has 1 saturated heterocycles. The molecule has 1 aliphatic rings. The van der Waals surface area contributed by atoms with Gasteiger partial charge in [0, 0.05) is 6.42 Å². The number of likely N-dealkylation sites (tertiary alicyclic amines) is 1. The van der Waals surface area contributed by atoms with Crippen LogP contribution in [-0.2, 0) is 11.2 Å². The van der Waals surface area contributed by atoms with Crippen molar-refractivity contribution in [3.05, 3.63) is 35.4 Å². The van der Waals surface area contributed by atoms with Crippen LogP contribution in [0.4, 0.5) is 8.78 Å². The molecule has 1 aliphatic heterocycles. The Labute approximate surface area is 118 Å². The molecule has 1 aromatic rings. The summed E-state index contributed by atoms with van der Waals surface area (Å²) in [6.45, 7) is 5.69. The summed E-state index contributed by atoms with van der Waals surface area (Å²) >= 11 is 0. The topological polar surface area (TPSA) is 20.3 Å². The van der Waals surface area contributed by atoms with Crippen LogP contribution >= 0.6 is 0 Å². The zero-order chi connectivity index (χ0) is 14.8. The van der Waals surface area contributed by atoms with Gasteiger partial charge in [0.1, 0.15) is 11.6 Å². The highest BCUT2D eigenvalue weighted by Crippen LogP contribution is 2.27. The van der Waals surface area contributed by atoms with E-state index in [4.69, 9.17) is 0 Å².